The van der Waals surface area contributed by atoms with Crippen LogP contribution in [0.2, 0.25) is 0 Å². The molecule has 2 nitrogen and oxygen atoms in total. The Bertz CT molecular complexity index is 407. The maximum atomic E-state index is 12.0. The van der Waals surface area contributed by atoms with Gasteiger partial charge in [-0.2, -0.15) is 0 Å². The Hall–Kier alpha value is -0.960. The van der Waals surface area contributed by atoms with Crippen molar-refractivity contribution < 1.29 is 9.53 Å². The van der Waals surface area contributed by atoms with Crippen LogP contribution in [0.25, 0.3) is 0 Å². The van der Waals surface area contributed by atoms with E-state index in [-0.39, 0.29) is 11.9 Å². The fourth-order valence-electron chi connectivity index (χ4n) is 2.93. The largest absolute Gasteiger partial charge is 0.469 e. The molecule has 0 saturated heterocycles. The number of methoxy groups -OCH3 is 1. The van der Waals surface area contributed by atoms with Crippen molar-refractivity contribution in [3.63, 3.8) is 0 Å². The number of carbonyl (C=O) groups is 1. The van der Waals surface area contributed by atoms with Crippen LogP contribution >= 0.6 is 11.8 Å². The first kappa shape index (κ1) is 14.4. The number of ether oxygens (including phenoxy) is 1. The van der Waals surface area contributed by atoms with Crippen LogP contribution in [0.4, 0.5) is 0 Å². The summed E-state index contributed by atoms with van der Waals surface area (Å²) in [5.41, 5.74) is 1.09. The molecule has 2 rings (SSSR count). The average molecular weight is 278 g/mol. The second-order valence-corrected chi connectivity index (χ2v) is 6.11. The summed E-state index contributed by atoms with van der Waals surface area (Å²) < 4.78 is 4.99. The van der Waals surface area contributed by atoms with Gasteiger partial charge >= 0.3 is 5.97 Å². The zero-order chi connectivity index (χ0) is 13.7. The van der Waals surface area contributed by atoms with Crippen LogP contribution in [0, 0.1) is 5.92 Å². The van der Waals surface area contributed by atoms with Crippen LogP contribution in [0.1, 0.15) is 43.6 Å². The molecule has 0 N–H and O–H groups in total. The fourth-order valence-corrected chi connectivity index (χ4v) is 3.33. The normalized spacial score (nSPS) is 17.4. The predicted octanol–water partition coefficient (Wildman–Crippen LogP) is 4.25. The average Bonchev–Trinajstić information content (AvgIpc) is 2.97. The molecule has 1 aliphatic rings. The van der Waals surface area contributed by atoms with Gasteiger partial charge in [-0.25, -0.2) is 0 Å². The third-order valence-corrected chi connectivity index (χ3v) is 4.79. The van der Waals surface area contributed by atoms with Gasteiger partial charge in [0.15, 0.2) is 0 Å². The van der Waals surface area contributed by atoms with E-state index in [1.54, 1.807) is 11.8 Å². The molecule has 1 saturated carbocycles. The zero-order valence-electron chi connectivity index (χ0n) is 11.7. The Morgan fingerprint density at radius 3 is 2.47 bits per heavy atom. The molecule has 0 spiro atoms. The predicted molar refractivity (Wildman–Crippen MR) is 79.6 cm³/mol. The lowest BCUT2D eigenvalue weighted by Crippen LogP contribution is -2.17. The quantitative estimate of drug-likeness (QED) is 0.595. The highest BCUT2D eigenvalue weighted by Crippen LogP contribution is 2.35. The van der Waals surface area contributed by atoms with E-state index in [0.717, 1.165) is 12.0 Å². The van der Waals surface area contributed by atoms with Gasteiger partial charge in [0.05, 0.1) is 13.0 Å². The molecule has 0 heterocycles. The number of esters is 1. The minimum absolute atomic E-state index is 0.0935. The van der Waals surface area contributed by atoms with Crippen LogP contribution < -0.4 is 0 Å². The lowest BCUT2D eigenvalue weighted by molar-refractivity contribution is -0.142. The summed E-state index contributed by atoms with van der Waals surface area (Å²) in [4.78, 5) is 13.3. The third kappa shape index (κ3) is 3.75. The lowest BCUT2D eigenvalue weighted by atomic mass is 9.88. The first-order chi connectivity index (χ1) is 9.24. The minimum atomic E-state index is -0.0937. The zero-order valence-corrected chi connectivity index (χ0v) is 12.5. The standard InChI is InChI=1S/C16H22O2S/c1-18-16(17)15(11-12-5-3-4-6-12)13-7-9-14(19-2)10-8-13/h7-10,12,15H,3-6,11H2,1-2H3. The molecular formula is C16H22O2S. The molecule has 19 heavy (non-hydrogen) atoms. The molecular weight excluding hydrogens is 256 g/mol. The van der Waals surface area contributed by atoms with Gasteiger partial charge in [0, 0.05) is 4.90 Å². The molecule has 1 atom stereocenters. The fraction of sp³-hybridized carbons (Fsp3) is 0.562. The second kappa shape index (κ2) is 6.99. The highest BCUT2D eigenvalue weighted by molar-refractivity contribution is 7.98. The summed E-state index contributed by atoms with van der Waals surface area (Å²) in [6.45, 7) is 0. The molecule has 0 aromatic heterocycles. The molecule has 104 valence electrons. The highest BCUT2D eigenvalue weighted by atomic mass is 32.2. The summed E-state index contributed by atoms with van der Waals surface area (Å²) >= 11 is 1.72. The first-order valence-corrected chi connectivity index (χ1v) is 8.19. The molecule has 0 radical (unpaired) electrons. The molecule has 3 heteroatoms. The molecule has 0 bridgehead atoms. The van der Waals surface area contributed by atoms with E-state index in [2.05, 4.69) is 30.5 Å². The molecule has 1 aliphatic carbocycles. The van der Waals surface area contributed by atoms with Crippen molar-refractivity contribution in [2.45, 2.75) is 42.9 Å². The number of thioether (sulfide) groups is 1. The van der Waals surface area contributed by atoms with Crippen molar-refractivity contribution in [2.75, 3.05) is 13.4 Å². The molecule has 1 unspecified atom stereocenters. The van der Waals surface area contributed by atoms with Gasteiger partial charge in [0.25, 0.3) is 0 Å². The van der Waals surface area contributed by atoms with Crippen molar-refractivity contribution in [1.82, 2.24) is 0 Å². The molecule has 0 aliphatic heterocycles. The Morgan fingerprint density at radius 2 is 1.95 bits per heavy atom. The van der Waals surface area contributed by atoms with Crippen LogP contribution in [0.5, 0.6) is 0 Å². The van der Waals surface area contributed by atoms with E-state index in [4.69, 9.17) is 4.74 Å². The van der Waals surface area contributed by atoms with Crippen LogP contribution in [-0.2, 0) is 9.53 Å². The van der Waals surface area contributed by atoms with E-state index < -0.39 is 0 Å². The Morgan fingerprint density at radius 1 is 1.32 bits per heavy atom. The van der Waals surface area contributed by atoms with Gasteiger partial charge in [-0.05, 0) is 36.3 Å². The van der Waals surface area contributed by atoms with Crippen molar-refractivity contribution in [1.29, 1.82) is 0 Å². The molecule has 1 aromatic rings. The summed E-state index contributed by atoms with van der Waals surface area (Å²) in [5.74, 6) is 0.497. The van der Waals surface area contributed by atoms with E-state index in [1.807, 2.05) is 0 Å². The van der Waals surface area contributed by atoms with Crippen molar-refractivity contribution in [2.24, 2.45) is 5.92 Å². The lowest BCUT2D eigenvalue weighted by Gasteiger charge is -2.19. The smallest absolute Gasteiger partial charge is 0.313 e. The summed E-state index contributed by atoms with van der Waals surface area (Å²) in [6.07, 6.45) is 8.14. The maximum Gasteiger partial charge on any atom is 0.313 e. The van der Waals surface area contributed by atoms with E-state index in [1.165, 1.54) is 37.7 Å². The Labute approximate surface area is 119 Å². The second-order valence-electron chi connectivity index (χ2n) is 5.24. The maximum absolute atomic E-state index is 12.0. The molecule has 1 fully saturated rings. The monoisotopic (exact) mass is 278 g/mol. The minimum Gasteiger partial charge on any atom is -0.469 e. The summed E-state index contributed by atoms with van der Waals surface area (Å²) in [6, 6.07) is 8.32. The van der Waals surface area contributed by atoms with Gasteiger partial charge in [0.2, 0.25) is 0 Å². The van der Waals surface area contributed by atoms with E-state index >= 15 is 0 Å². The van der Waals surface area contributed by atoms with E-state index in [9.17, 15) is 4.79 Å². The number of hydrogen-bond donors (Lipinski definition) is 0. The Kier molecular flexibility index (Phi) is 5.32. The number of hydrogen-bond acceptors (Lipinski definition) is 3. The van der Waals surface area contributed by atoms with Crippen molar-refractivity contribution >= 4 is 17.7 Å². The van der Waals surface area contributed by atoms with Gasteiger partial charge in [-0.3, -0.25) is 4.79 Å². The number of carbonyl (C=O) groups excluding carboxylic acids is 1. The van der Waals surface area contributed by atoms with Crippen molar-refractivity contribution in [3.05, 3.63) is 29.8 Å². The topological polar surface area (TPSA) is 26.3 Å². The summed E-state index contributed by atoms with van der Waals surface area (Å²) in [7, 11) is 1.49. The van der Waals surface area contributed by atoms with Crippen LogP contribution in [0.15, 0.2) is 29.2 Å². The molecule has 1 aromatic carbocycles. The van der Waals surface area contributed by atoms with Gasteiger partial charge in [-0.1, -0.05) is 37.8 Å². The first-order valence-electron chi connectivity index (χ1n) is 6.96. The molecule has 0 amide bonds. The van der Waals surface area contributed by atoms with Gasteiger partial charge < -0.3 is 4.74 Å². The van der Waals surface area contributed by atoms with Crippen LogP contribution in [-0.4, -0.2) is 19.3 Å². The van der Waals surface area contributed by atoms with Gasteiger partial charge in [-0.15, -0.1) is 11.8 Å². The van der Waals surface area contributed by atoms with E-state index in [0.29, 0.717) is 5.92 Å². The van der Waals surface area contributed by atoms with Crippen LogP contribution in [0.3, 0.4) is 0 Å². The van der Waals surface area contributed by atoms with Crippen molar-refractivity contribution in [3.8, 4) is 0 Å². The Balaban J connectivity index is 2.12. The summed E-state index contributed by atoms with van der Waals surface area (Å²) in [5, 5.41) is 0. The third-order valence-electron chi connectivity index (χ3n) is 4.05. The number of benzene rings is 1. The number of rotatable bonds is 5. The highest BCUT2D eigenvalue weighted by Gasteiger charge is 2.27. The SMILES string of the molecule is COC(=O)C(CC1CCCC1)c1ccc(SC)cc1. The van der Waals surface area contributed by atoms with Gasteiger partial charge in [0.1, 0.15) is 0 Å².